The predicted molar refractivity (Wildman–Crippen MR) is 88.8 cm³/mol. The van der Waals surface area contributed by atoms with Crippen molar-refractivity contribution in [3.63, 3.8) is 0 Å². The first-order chi connectivity index (χ1) is 11.3. The van der Waals surface area contributed by atoms with Crippen molar-refractivity contribution in [2.45, 2.75) is 19.0 Å². The highest BCUT2D eigenvalue weighted by Crippen LogP contribution is 2.35. The van der Waals surface area contributed by atoms with Crippen LogP contribution in [0.1, 0.15) is 23.6 Å². The molecule has 0 saturated heterocycles. The number of hydrogen-bond donors (Lipinski definition) is 2. The zero-order valence-electron chi connectivity index (χ0n) is 13.0. The number of methoxy groups -OCH3 is 1. The predicted octanol–water partition coefficient (Wildman–Crippen LogP) is 3.18. The molecule has 0 unspecified atom stereocenters. The molecule has 2 N–H and O–H groups in total. The Morgan fingerprint density at radius 3 is 3.22 bits per heavy atom. The highest BCUT2D eigenvalue weighted by Gasteiger charge is 2.21. The Balaban J connectivity index is 1.55. The Hall–Kier alpha value is -2.53. The van der Waals surface area contributed by atoms with E-state index in [4.69, 9.17) is 9.47 Å². The van der Waals surface area contributed by atoms with Crippen molar-refractivity contribution < 1.29 is 9.47 Å². The van der Waals surface area contributed by atoms with Gasteiger partial charge in [0.05, 0.1) is 25.4 Å². The lowest BCUT2D eigenvalue weighted by atomic mass is 10.00. The Morgan fingerprint density at radius 2 is 2.30 bits per heavy atom. The van der Waals surface area contributed by atoms with Crippen LogP contribution in [0.2, 0.25) is 0 Å². The van der Waals surface area contributed by atoms with Crippen LogP contribution in [-0.2, 0) is 6.54 Å². The molecule has 4 rings (SSSR count). The normalized spacial score (nSPS) is 16.8. The van der Waals surface area contributed by atoms with Crippen molar-refractivity contribution in [2.75, 3.05) is 13.7 Å². The minimum absolute atomic E-state index is 0.280. The summed E-state index contributed by atoms with van der Waals surface area (Å²) in [7, 11) is 1.67. The van der Waals surface area contributed by atoms with Crippen molar-refractivity contribution in [1.82, 2.24) is 15.5 Å². The van der Waals surface area contributed by atoms with Crippen molar-refractivity contribution in [2.24, 2.45) is 0 Å². The van der Waals surface area contributed by atoms with E-state index in [2.05, 4.69) is 39.8 Å². The first kappa shape index (κ1) is 14.1. The van der Waals surface area contributed by atoms with Gasteiger partial charge in [0.2, 0.25) is 0 Å². The Kier molecular flexibility index (Phi) is 3.63. The zero-order chi connectivity index (χ0) is 15.6. The van der Waals surface area contributed by atoms with E-state index in [1.807, 2.05) is 18.3 Å². The van der Waals surface area contributed by atoms with Crippen molar-refractivity contribution in [1.29, 1.82) is 0 Å². The number of aromatic nitrogens is 2. The lowest BCUT2D eigenvalue weighted by molar-refractivity contribution is 0.250. The molecule has 3 aromatic rings. The molecule has 23 heavy (non-hydrogen) atoms. The summed E-state index contributed by atoms with van der Waals surface area (Å²) in [5, 5.41) is 12.0. The number of ether oxygens (including phenoxy) is 2. The van der Waals surface area contributed by atoms with E-state index in [1.165, 1.54) is 11.1 Å². The number of nitrogens with zero attached hydrogens (tertiary/aromatic N) is 1. The summed E-state index contributed by atoms with van der Waals surface area (Å²) < 4.78 is 11.0. The van der Waals surface area contributed by atoms with Crippen LogP contribution in [0.25, 0.3) is 10.9 Å². The molecule has 5 nitrogen and oxygen atoms in total. The molecule has 0 spiro atoms. The molecular formula is C18H19N3O2. The van der Waals surface area contributed by atoms with Crippen LogP contribution in [0.5, 0.6) is 11.5 Å². The minimum Gasteiger partial charge on any atom is -0.497 e. The van der Waals surface area contributed by atoms with Crippen LogP contribution >= 0.6 is 0 Å². The molecule has 0 fully saturated rings. The number of H-pyrrole nitrogens is 1. The Morgan fingerprint density at radius 1 is 1.35 bits per heavy atom. The fourth-order valence-electron chi connectivity index (χ4n) is 3.12. The number of rotatable bonds is 4. The van der Waals surface area contributed by atoms with Crippen LogP contribution in [0.4, 0.5) is 0 Å². The third-order valence-electron chi connectivity index (χ3n) is 4.36. The summed E-state index contributed by atoms with van der Waals surface area (Å²) in [5.41, 5.74) is 3.51. The number of hydrogen-bond acceptors (Lipinski definition) is 4. The molecule has 0 saturated carbocycles. The second-order valence-electron chi connectivity index (χ2n) is 5.73. The summed E-state index contributed by atoms with van der Waals surface area (Å²) in [4.78, 5) is 0. The standard InChI is InChI=1S/C18H19N3O2/c1-22-14-5-6-15-16(7-8-23-17(15)9-14)19-10-12-3-2-4-13-11-20-21-18(12)13/h2-6,9,11,16,19H,7-8,10H2,1H3,(H,20,21)/t16-/m1/s1. The number of nitrogens with one attached hydrogen (secondary N) is 2. The molecule has 0 amide bonds. The summed E-state index contributed by atoms with van der Waals surface area (Å²) in [5.74, 6) is 1.74. The van der Waals surface area contributed by atoms with E-state index in [9.17, 15) is 0 Å². The van der Waals surface area contributed by atoms with Gasteiger partial charge in [-0.2, -0.15) is 5.10 Å². The third kappa shape index (κ3) is 2.64. The van der Waals surface area contributed by atoms with Gasteiger partial charge < -0.3 is 14.8 Å². The Bertz CT molecular complexity index is 828. The van der Waals surface area contributed by atoms with Gasteiger partial charge in [-0.3, -0.25) is 5.10 Å². The summed E-state index contributed by atoms with van der Waals surface area (Å²) >= 11 is 0. The van der Waals surface area contributed by atoms with Gasteiger partial charge >= 0.3 is 0 Å². The highest BCUT2D eigenvalue weighted by molar-refractivity contribution is 5.81. The molecular weight excluding hydrogens is 290 g/mol. The molecule has 0 aliphatic carbocycles. The second kappa shape index (κ2) is 5.93. The average molecular weight is 309 g/mol. The molecule has 2 heterocycles. The van der Waals surface area contributed by atoms with Crippen LogP contribution in [-0.4, -0.2) is 23.9 Å². The molecule has 5 heteroatoms. The first-order valence-electron chi connectivity index (χ1n) is 7.80. The number of aromatic amines is 1. The van der Waals surface area contributed by atoms with Crippen LogP contribution in [0, 0.1) is 0 Å². The summed E-state index contributed by atoms with van der Waals surface area (Å²) in [6.07, 6.45) is 2.81. The van der Waals surface area contributed by atoms with Gasteiger partial charge in [0, 0.05) is 36.0 Å². The first-order valence-corrected chi connectivity index (χ1v) is 7.80. The summed E-state index contributed by atoms with van der Waals surface area (Å²) in [6.45, 7) is 1.50. The lowest BCUT2D eigenvalue weighted by Gasteiger charge is -2.27. The van der Waals surface area contributed by atoms with E-state index < -0.39 is 0 Å². The molecule has 2 aromatic carbocycles. The molecule has 1 aliphatic rings. The molecule has 1 atom stereocenters. The van der Waals surface area contributed by atoms with Gasteiger partial charge in [-0.1, -0.05) is 24.3 Å². The fourth-order valence-corrected chi connectivity index (χ4v) is 3.12. The average Bonchev–Trinajstić information content (AvgIpc) is 3.08. The third-order valence-corrected chi connectivity index (χ3v) is 4.36. The van der Waals surface area contributed by atoms with Gasteiger partial charge in [-0.25, -0.2) is 0 Å². The smallest absolute Gasteiger partial charge is 0.127 e. The maximum absolute atomic E-state index is 5.77. The molecule has 118 valence electrons. The van der Waals surface area contributed by atoms with Crippen LogP contribution in [0.3, 0.4) is 0 Å². The van der Waals surface area contributed by atoms with Crippen molar-refractivity contribution in [3.8, 4) is 11.5 Å². The van der Waals surface area contributed by atoms with E-state index in [1.54, 1.807) is 7.11 Å². The molecule has 0 radical (unpaired) electrons. The number of fused-ring (bicyclic) bond motifs is 2. The van der Waals surface area contributed by atoms with Gasteiger partial charge in [0.15, 0.2) is 0 Å². The molecule has 1 aliphatic heterocycles. The fraction of sp³-hybridized carbons (Fsp3) is 0.278. The van der Waals surface area contributed by atoms with Crippen molar-refractivity contribution >= 4 is 10.9 Å². The molecule has 1 aromatic heterocycles. The monoisotopic (exact) mass is 309 g/mol. The lowest BCUT2D eigenvalue weighted by Crippen LogP contribution is -2.26. The topological polar surface area (TPSA) is 59.2 Å². The van der Waals surface area contributed by atoms with E-state index in [0.29, 0.717) is 6.61 Å². The number of benzene rings is 2. The number of para-hydroxylation sites is 1. The van der Waals surface area contributed by atoms with Gasteiger partial charge in [0.1, 0.15) is 11.5 Å². The minimum atomic E-state index is 0.280. The van der Waals surface area contributed by atoms with Crippen molar-refractivity contribution in [3.05, 3.63) is 53.7 Å². The Labute approximate surface area is 134 Å². The van der Waals surface area contributed by atoms with E-state index in [-0.39, 0.29) is 6.04 Å². The summed E-state index contributed by atoms with van der Waals surface area (Å²) in [6, 6.07) is 12.6. The maximum Gasteiger partial charge on any atom is 0.127 e. The van der Waals surface area contributed by atoms with Crippen LogP contribution < -0.4 is 14.8 Å². The molecule has 0 bridgehead atoms. The van der Waals surface area contributed by atoms with Gasteiger partial charge in [-0.15, -0.1) is 0 Å². The zero-order valence-corrected chi connectivity index (χ0v) is 13.0. The van der Waals surface area contributed by atoms with E-state index in [0.717, 1.165) is 35.4 Å². The van der Waals surface area contributed by atoms with E-state index >= 15 is 0 Å². The van der Waals surface area contributed by atoms with Crippen LogP contribution in [0.15, 0.2) is 42.6 Å². The quantitative estimate of drug-likeness (QED) is 0.777. The highest BCUT2D eigenvalue weighted by atomic mass is 16.5. The van der Waals surface area contributed by atoms with Gasteiger partial charge in [0.25, 0.3) is 0 Å². The maximum atomic E-state index is 5.77. The second-order valence-corrected chi connectivity index (χ2v) is 5.73. The largest absolute Gasteiger partial charge is 0.497 e. The SMILES string of the molecule is COc1ccc2c(c1)OCC[C@H]2NCc1cccc2cn[nH]c12. The van der Waals surface area contributed by atoms with Gasteiger partial charge in [-0.05, 0) is 11.6 Å².